The summed E-state index contributed by atoms with van der Waals surface area (Å²) in [7, 11) is -4.10. The normalized spacial score (nSPS) is 15.2. The van der Waals surface area contributed by atoms with Gasteiger partial charge < -0.3 is 20.8 Å². The maximum absolute atomic E-state index is 10.5. The molecule has 0 bridgehead atoms. The number of hydrogen-bond donors (Lipinski definition) is 4. The predicted molar refractivity (Wildman–Crippen MR) is 47.7 cm³/mol. The highest BCUT2D eigenvalue weighted by molar-refractivity contribution is 7.52. The van der Waals surface area contributed by atoms with Crippen LogP contribution in [0.25, 0.3) is 0 Å². The van der Waals surface area contributed by atoms with Gasteiger partial charge in [-0.2, -0.15) is 0 Å². The summed E-state index contributed by atoms with van der Waals surface area (Å²) in [6.07, 6.45) is 0. The molecule has 0 aliphatic heterocycles. The van der Waals surface area contributed by atoms with Gasteiger partial charge in [0.05, 0.1) is 0 Å². The Kier molecular flexibility index (Phi) is 4.97. The molecule has 5 N–H and O–H groups in total. The zero-order valence-electron chi connectivity index (χ0n) is 7.40. The molecule has 0 fully saturated rings. The molecular formula is C6H17N2O3P. The summed E-state index contributed by atoms with van der Waals surface area (Å²) in [6.45, 7) is 4.89. The van der Waals surface area contributed by atoms with E-state index < -0.39 is 13.4 Å². The van der Waals surface area contributed by atoms with Gasteiger partial charge in [0.25, 0.3) is 0 Å². The Balaban J connectivity index is 3.59. The molecule has 0 radical (unpaired) electrons. The highest BCUT2D eigenvalue weighted by atomic mass is 31.2. The van der Waals surface area contributed by atoms with Crippen molar-refractivity contribution in [3.05, 3.63) is 0 Å². The third-order valence-corrected chi connectivity index (χ3v) is 2.38. The van der Waals surface area contributed by atoms with Crippen molar-refractivity contribution in [2.24, 2.45) is 11.7 Å². The molecule has 0 aliphatic carbocycles. The van der Waals surface area contributed by atoms with Gasteiger partial charge in [-0.15, -0.1) is 0 Å². The van der Waals surface area contributed by atoms with Crippen molar-refractivity contribution in [3.8, 4) is 0 Å². The molecule has 6 heteroatoms. The first-order valence-electron chi connectivity index (χ1n) is 3.85. The fraction of sp³-hybridized carbons (Fsp3) is 1.00. The Morgan fingerprint density at radius 1 is 1.42 bits per heavy atom. The van der Waals surface area contributed by atoms with Crippen LogP contribution in [0.1, 0.15) is 13.8 Å². The third-order valence-electron chi connectivity index (χ3n) is 1.34. The minimum atomic E-state index is -4.10. The Hall–Kier alpha value is 0.0700. The standard InChI is InChI=1S/C6H17N2O3P/c1-5(2)3-8-4-6(7)12(9,10)11/h5-6,8H,3-4,7H2,1-2H3,(H2,9,10,11). The molecule has 0 aliphatic rings. The van der Waals surface area contributed by atoms with Crippen LogP contribution >= 0.6 is 7.60 Å². The van der Waals surface area contributed by atoms with Gasteiger partial charge in [-0.05, 0) is 12.5 Å². The smallest absolute Gasteiger partial charge is 0.323 e. The van der Waals surface area contributed by atoms with Crippen LogP contribution in [-0.4, -0.2) is 28.7 Å². The quantitative estimate of drug-likeness (QED) is 0.452. The number of hydrogen-bond acceptors (Lipinski definition) is 3. The van der Waals surface area contributed by atoms with Crippen LogP contribution in [0.15, 0.2) is 0 Å². The van der Waals surface area contributed by atoms with Crippen LogP contribution in [0.3, 0.4) is 0 Å². The van der Waals surface area contributed by atoms with Crippen molar-refractivity contribution >= 4 is 7.60 Å². The van der Waals surface area contributed by atoms with Crippen molar-refractivity contribution in [1.29, 1.82) is 0 Å². The van der Waals surface area contributed by atoms with Gasteiger partial charge >= 0.3 is 7.60 Å². The van der Waals surface area contributed by atoms with Gasteiger partial charge in [-0.3, -0.25) is 4.57 Å². The lowest BCUT2D eigenvalue weighted by Gasteiger charge is -2.14. The maximum Gasteiger partial charge on any atom is 0.343 e. The monoisotopic (exact) mass is 196 g/mol. The van der Waals surface area contributed by atoms with Gasteiger partial charge in [-0.1, -0.05) is 13.8 Å². The molecule has 5 nitrogen and oxygen atoms in total. The minimum absolute atomic E-state index is 0.155. The highest BCUT2D eigenvalue weighted by Crippen LogP contribution is 2.37. The second-order valence-corrected chi connectivity index (χ2v) is 5.05. The summed E-state index contributed by atoms with van der Waals surface area (Å²) in [5, 5.41) is 2.87. The molecule has 0 spiro atoms. The number of nitrogens with one attached hydrogen (secondary N) is 1. The molecule has 74 valence electrons. The molecule has 0 saturated heterocycles. The van der Waals surface area contributed by atoms with E-state index in [1.807, 2.05) is 13.8 Å². The first kappa shape index (κ1) is 12.1. The molecule has 0 aromatic heterocycles. The second kappa shape index (κ2) is 4.94. The fourth-order valence-electron chi connectivity index (χ4n) is 0.639. The topological polar surface area (TPSA) is 95.6 Å². The lowest BCUT2D eigenvalue weighted by molar-refractivity contribution is 0.354. The van der Waals surface area contributed by atoms with E-state index in [0.717, 1.165) is 0 Å². The lowest BCUT2D eigenvalue weighted by atomic mass is 10.2. The Bertz CT molecular complexity index is 168. The van der Waals surface area contributed by atoms with E-state index in [2.05, 4.69) is 5.32 Å². The zero-order valence-corrected chi connectivity index (χ0v) is 8.29. The average Bonchev–Trinajstić information content (AvgIpc) is 1.84. The van der Waals surface area contributed by atoms with Gasteiger partial charge in [-0.25, -0.2) is 0 Å². The predicted octanol–water partition coefficient (Wildman–Crippen LogP) is -0.306. The number of rotatable bonds is 5. The van der Waals surface area contributed by atoms with Crippen LogP contribution in [-0.2, 0) is 4.57 Å². The summed E-state index contributed by atoms with van der Waals surface area (Å²) >= 11 is 0. The molecule has 0 heterocycles. The van der Waals surface area contributed by atoms with Crippen molar-refractivity contribution in [2.45, 2.75) is 19.6 Å². The zero-order chi connectivity index (χ0) is 9.78. The Labute approximate surface area is 72.5 Å². The van der Waals surface area contributed by atoms with E-state index in [1.54, 1.807) is 0 Å². The summed E-state index contributed by atoms with van der Waals surface area (Å²) in [5.41, 5.74) is 5.21. The van der Waals surface area contributed by atoms with Crippen LogP contribution in [0.2, 0.25) is 0 Å². The van der Waals surface area contributed by atoms with Gasteiger partial charge in [0.15, 0.2) is 0 Å². The first-order chi connectivity index (χ1) is 5.34. The summed E-state index contributed by atoms with van der Waals surface area (Å²) in [5.74, 6) is -0.634. The van der Waals surface area contributed by atoms with Gasteiger partial charge in [0.2, 0.25) is 0 Å². The maximum atomic E-state index is 10.5. The van der Waals surface area contributed by atoms with Gasteiger partial charge in [0.1, 0.15) is 5.78 Å². The largest absolute Gasteiger partial charge is 0.343 e. The van der Waals surface area contributed by atoms with E-state index in [-0.39, 0.29) is 6.54 Å². The Morgan fingerprint density at radius 3 is 2.25 bits per heavy atom. The van der Waals surface area contributed by atoms with E-state index in [0.29, 0.717) is 12.5 Å². The lowest BCUT2D eigenvalue weighted by Crippen LogP contribution is -2.35. The average molecular weight is 196 g/mol. The second-order valence-electron chi connectivity index (χ2n) is 3.21. The van der Waals surface area contributed by atoms with Crippen molar-refractivity contribution in [3.63, 3.8) is 0 Å². The molecular weight excluding hydrogens is 179 g/mol. The van der Waals surface area contributed by atoms with E-state index >= 15 is 0 Å². The SMILES string of the molecule is CC(C)CNCC(N)P(=O)(O)O. The van der Waals surface area contributed by atoms with Crippen LogP contribution in [0, 0.1) is 5.92 Å². The highest BCUT2D eigenvalue weighted by Gasteiger charge is 2.23. The third kappa shape index (κ3) is 5.69. The fourth-order valence-corrected chi connectivity index (χ4v) is 1.01. The van der Waals surface area contributed by atoms with Gasteiger partial charge in [0, 0.05) is 6.54 Å². The summed E-state index contributed by atoms with van der Waals surface area (Å²) < 4.78 is 10.5. The summed E-state index contributed by atoms with van der Waals surface area (Å²) in [6, 6.07) is 0. The van der Waals surface area contributed by atoms with Crippen molar-refractivity contribution in [2.75, 3.05) is 13.1 Å². The van der Waals surface area contributed by atoms with Crippen LogP contribution in [0.4, 0.5) is 0 Å². The molecule has 12 heavy (non-hydrogen) atoms. The molecule has 0 aromatic rings. The molecule has 1 unspecified atom stereocenters. The van der Waals surface area contributed by atoms with E-state index in [4.69, 9.17) is 15.5 Å². The first-order valence-corrected chi connectivity index (χ1v) is 5.53. The molecule has 0 amide bonds. The number of nitrogens with two attached hydrogens (primary N) is 1. The summed E-state index contributed by atoms with van der Waals surface area (Å²) in [4.78, 5) is 17.2. The van der Waals surface area contributed by atoms with E-state index in [9.17, 15) is 4.57 Å². The van der Waals surface area contributed by atoms with Crippen LogP contribution < -0.4 is 11.1 Å². The molecule has 0 aromatic carbocycles. The minimum Gasteiger partial charge on any atom is -0.323 e. The molecule has 0 saturated carbocycles. The van der Waals surface area contributed by atoms with Crippen molar-refractivity contribution < 1.29 is 14.4 Å². The Morgan fingerprint density at radius 2 is 1.92 bits per heavy atom. The molecule has 0 rings (SSSR count). The van der Waals surface area contributed by atoms with Crippen molar-refractivity contribution in [1.82, 2.24) is 5.32 Å². The van der Waals surface area contributed by atoms with Crippen LogP contribution in [0.5, 0.6) is 0 Å². The van der Waals surface area contributed by atoms with E-state index in [1.165, 1.54) is 0 Å². The molecule has 1 atom stereocenters.